The van der Waals surface area contributed by atoms with Gasteiger partial charge in [0, 0.05) is 24.8 Å². The highest BCUT2D eigenvalue weighted by Crippen LogP contribution is 2.20. The number of carbonyl (C=O) groups is 1. The topological polar surface area (TPSA) is 63.2 Å². The Hall–Kier alpha value is -2.82. The van der Waals surface area contributed by atoms with Crippen LogP contribution in [0.15, 0.2) is 54.2 Å². The summed E-state index contributed by atoms with van der Waals surface area (Å²) in [6.45, 7) is 1.44. The third-order valence-electron chi connectivity index (χ3n) is 5.02. The van der Waals surface area contributed by atoms with Crippen LogP contribution in [0.5, 0.6) is 5.75 Å². The molecule has 0 fully saturated rings. The Bertz CT molecular complexity index is 800. The maximum atomic E-state index is 12.4. The number of aromatic nitrogens is 1. The van der Waals surface area contributed by atoms with E-state index in [1.54, 1.807) is 19.4 Å². The molecular weight excluding hydrogens is 350 g/mol. The van der Waals surface area contributed by atoms with E-state index >= 15 is 0 Å². The van der Waals surface area contributed by atoms with Crippen LogP contribution in [0.4, 0.5) is 5.82 Å². The summed E-state index contributed by atoms with van der Waals surface area (Å²) in [4.78, 5) is 16.7. The molecule has 0 radical (unpaired) electrons. The fraction of sp³-hybridized carbons (Fsp3) is 0.391. The number of methoxy groups -OCH3 is 1. The molecule has 0 bridgehead atoms. The molecule has 0 aliphatic heterocycles. The van der Waals surface area contributed by atoms with Gasteiger partial charge >= 0.3 is 0 Å². The average Bonchev–Trinajstić information content (AvgIpc) is 2.75. The van der Waals surface area contributed by atoms with E-state index in [0.717, 1.165) is 36.5 Å². The van der Waals surface area contributed by atoms with Gasteiger partial charge in [-0.2, -0.15) is 0 Å². The Balaban J connectivity index is 1.44. The lowest BCUT2D eigenvalue weighted by molar-refractivity contribution is 0.0954. The van der Waals surface area contributed by atoms with E-state index in [-0.39, 0.29) is 5.91 Å². The molecule has 1 aliphatic carbocycles. The smallest absolute Gasteiger partial charge is 0.251 e. The molecule has 2 N–H and O–H groups in total. The van der Waals surface area contributed by atoms with E-state index in [1.807, 2.05) is 30.3 Å². The highest BCUT2D eigenvalue weighted by molar-refractivity contribution is 5.94. The number of ether oxygens (including phenoxy) is 1. The number of pyridine rings is 1. The van der Waals surface area contributed by atoms with Gasteiger partial charge in [-0.05, 0) is 68.4 Å². The molecule has 0 atom stereocenters. The first-order chi connectivity index (χ1) is 13.7. The van der Waals surface area contributed by atoms with Crippen molar-refractivity contribution in [2.24, 2.45) is 0 Å². The lowest BCUT2D eigenvalue weighted by Crippen LogP contribution is -2.25. The van der Waals surface area contributed by atoms with Gasteiger partial charge in [0.2, 0.25) is 0 Å². The average molecular weight is 380 g/mol. The molecule has 2 aromatic rings. The normalized spacial score (nSPS) is 13.5. The molecule has 1 aromatic carbocycles. The zero-order valence-corrected chi connectivity index (χ0v) is 16.5. The Morgan fingerprint density at radius 3 is 2.71 bits per heavy atom. The van der Waals surface area contributed by atoms with Crippen LogP contribution in [0.2, 0.25) is 0 Å². The van der Waals surface area contributed by atoms with Crippen molar-refractivity contribution in [1.29, 1.82) is 0 Å². The van der Waals surface area contributed by atoms with Crippen molar-refractivity contribution in [2.75, 3.05) is 25.5 Å². The van der Waals surface area contributed by atoms with Crippen molar-refractivity contribution in [3.8, 4) is 5.75 Å². The van der Waals surface area contributed by atoms with E-state index in [9.17, 15) is 4.79 Å². The molecule has 1 aromatic heterocycles. The number of allylic oxidation sites excluding steroid dienone is 1. The third-order valence-corrected chi connectivity index (χ3v) is 5.02. The van der Waals surface area contributed by atoms with Gasteiger partial charge in [-0.25, -0.2) is 4.98 Å². The van der Waals surface area contributed by atoms with Gasteiger partial charge in [-0.1, -0.05) is 23.8 Å². The molecule has 5 nitrogen and oxygen atoms in total. The number of benzene rings is 1. The fourth-order valence-electron chi connectivity index (χ4n) is 3.37. The summed E-state index contributed by atoms with van der Waals surface area (Å²) in [6.07, 6.45) is 10.9. The van der Waals surface area contributed by atoms with Crippen LogP contribution in [0.3, 0.4) is 0 Å². The molecule has 0 spiro atoms. The van der Waals surface area contributed by atoms with Gasteiger partial charge in [0.25, 0.3) is 5.91 Å². The number of hydrogen-bond acceptors (Lipinski definition) is 4. The summed E-state index contributed by atoms with van der Waals surface area (Å²) >= 11 is 0. The van der Waals surface area contributed by atoms with E-state index in [4.69, 9.17) is 4.74 Å². The summed E-state index contributed by atoms with van der Waals surface area (Å²) in [6, 6.07) is 11.5. The molecule has 0 saturated heterocycles. The van der Waals surface area contributed by atoms with Gasteiger partial charge in [-0.15, -0.1) is 0 Å². The van der Waals surface area contributed by atoms with Crippen LogP contribution in [0, 0.1) is 0 Å². The van der Waals surface area contributed by atoms with Crippen LogP contribution in [0.25, 0.3) is 0 Å². The number of carbonyl (C=O) groups excluding carboxylic acids is 1. The van der Waals surface area contributed by atoms with Crippen molar-refractivity contribution >= 4 is 11.7 Å². The van der Waals surface area contributed by atoms with Crippen molar-refractivity contribution in [1.82, 2.24) is 10.3 Å². The summed E-state index contributed by atoms with van der Waals surface area (Å²) in [5.41, 5.74) is 3.32. The molecule has 28 heavy (non-hydrogen) atoms. The minimum atomic E-state index is -0.0750. The second-order valence-corrected chi connectivity index (χ2v) is 7.07. The second-order valence-electron chi connectivity index (χ2n) is 7.07. The number of rotatable bonds is 9. The second kappa shape index (κ2) is 10.5. The first-order valence-electron chi connectivity index (χ1n) is 10.0. The lowest BCUT2D eigenvalue weighted by atomic mass is 9.97. The monoisotopic (exact) mass is 379 g/mol. The molecule has 0 unspecified atom stereocenters. The van der Waals surface area contributed by atoms with Gasteiger partial charge in [0.1, 0.15) is 11.6 Å². The van der Waals surface area contributed by atoms with Crippen LogP contribution < -0.4 is 15.4 Å². The minimum absolute atomic E-state index is 0.0750. The van der Waals surface area contributed by atoms with Crippen LogP contribution >= 0.6 is 0 Å². The number of hydrogen-bond donors (Lipinski definition) is 2. The van der Waals surface area contributed by atoms with Gasteiger partial charge in [0.15, 0.2) is 0 Å². The number of nitrogens with one attached hydrogen (secondary N) is 2. The van der Waals surface area contributed by atoms with Crippen molar-refractivity contribution in [3.05, 3.63) is 65.4 Å². The fourth-order valence-corrected chi connectivity index (χ4v) is 3.37. The zero-order valence-electron chi connectivity index (χ0n) is 16.5. The van der Waals surface area contributed by atoms with Crippen LogP contribution in [0.1, 0.15) is 48.0 Å². The summed E-state index contributed by atoms with van der Waals surface area (Å²) in [7, 11) is 1.65. The van der Waals surface area contributed by atoms with E-state index in [1.165, 1.54) is 31.3 Å². The Kier molecular flexibility index (Phi) is 7.47. The standard InChI is InChI=1S/C23H29N3O2/c1-28-21-9-7-19(8-10-21)12-15-26-23(27)20-13-16-25-22(17-20)24-14-11-18-5-3-2-4-6-18/h5,7-10,13,16-17H,2-4,6,11-12,14-15H2,1H3,(H,24,25)(H,26,27). The molecule has 1 amide bonds. The van der Waals surface area contributed by atoms with E-state index in [0.29, 0.717) is 12.1 Å². The summed E-state index contributed by atoms with van der Waals surface area (Å²) < 4.78 is 5.16. The lowest BCUT2D eigenvalue weighted by Gasteiger charge is -2.13. The Labute approximate surface area is 167 Å². The molecule has 1 heterocycles. The largest absolute Gasteiger partial charge is 0.497 e. The highest BCUT2D eigenvalue weighted by atomic mass is 16.5. The van der Waals surface area contributed by atoms with Crippen molar-refractivity contribution in [2.45, 2.75) is 38.5 Å². The molecule has 0 saturated carbocycles. The quantitative estimate of drug-likeness (QED) is 0.635. The Morgan fingerprint density at radius 2 is 1.96 bits per heavy atom. The maximum Gasteiger partial charge on any atom is 0.251 e. The van der Waals surface area contributed by atoms with Crippen LogP contribution in [-0.4, -0.2) is 31.1 Å². The van der Waals surface area contributed by atoms with Gasteiger partial charge in [-0.3, -0.25) is 4.79 Å². The van der Waals surface area contributed by atoms with Crippen LogP contribution in [-0.2, 0) is 6.42 Å². The van der Waals surface area contributed by atoms with Gasteiger partial charge < -0.3 is 15.4 Å². The van der Waals surface area contributed by atoms with Crippen molar-refractivity contribution < 1.29 is 9.53 Å². The van der Waals surface area contributed by atoms with Gasteiger partial charge in [0.05, 0.1) is 7.11 Å². The van der Waals surface area contributed by atoms with Crippen molar-refractivity contribution in [3.63, 3.8) is 0 Å². The number of anilines is 1. The molecule has 1 aliphatic rings. The molecular formula is C23H29N3O2. The third kappa shape index (κ3) is 6.12. The van der Waals surface area contributed by atoms with E-state index < -0.39 is 0 Å². The number of amides is 1. The van der Waals surface area contributed by atoms with E-state index in [2.05, 4.69) is 21.7 Å². The maximum absolute atomic E-state index is 12.4. The minimum Gasteiger partial charge on any atom is -0.497 e. The predicted molar refractivity (Wildman–Crippen MR) is 113 cm³/mol. The predicted octanol–water partition coefficient (Wildman–Crippen LogP) is 4.37. The molecule has 148 valence electrons. The Morgan fingerprint density at radius 1 is 1.11 bits per heavy atom. The summed E-state index contributed by atoms with van der Waals surface area (Å²) in [5, 5.41) is 6.31. The zero-order chi connectivity index (χ0) is 19.6. The first-order valence-corrected chi connectivity index (χ1v) is 10.0. The summed E-state index contributed by atoms with van der Waals surface area (Å²) in [5.74, 6) is 1.51. The molecule has 5 heteroatoms. The molecule has 3 rings (SSSR count). The highest BCUT2D eigenvalue weighted by Gasteiger charge is 2.07. The number of nitrogens with zero attached hydrogens (tertiary/aromatic N) is 1. The SMILES string of the molecule is COc1ccc(CCNC(=O)c2ccnc(NCCC3=CCCCC3)c2)cc1. The first kappa shape index (κ1) is 19.9.